The maximum absolute atomic E-state index is 12.9. The molecular weight excluding hydrogens is 386 g/mol. The van der Waals surface area contributed by atoms with Crippen molar-refractivity contribution in [1.29, 1.82) is 0 Å². The fraction of sp³-hybridized carbons (Fsp3) is 0.500. The Balaban J connectivity index is 1.86. The number of hydrogen-bond acceptors (Lipinski definition) is 5. The molecule has 164 valence electrons. The number of carboxylic acid groups (broad SMARTS) is 1. The van der Waals surface area contributed by atoms with Crippen molar-refractivity contribution >= 4 is 19.2 Å². The Kier molecular flexibility index (Phi) is 9.23. The molecule has 30 heavy (non-hydrogen) atoms. The van der Waals surface area contributed by atoms with Crippen molar-refractivity contribution < 1.29 is 24.3 Å². The van der Waals surface area contributed by atoms with Crippen molar-refractivity contribution in [1.82, 2.24) is 5.32 Å². The number of nitrogens with two attached hydrogens (primary N) is 1. The molecular formula is C22H32BFN2O4. The molecule has 1 aliphatic rings. The van der Waals surface area contributed by atoms with Crippen LogP contribution in [0, 0.1) is 5.92 Å². The summed E-state index contributed by atoms with van der Waals surface area (Å²) in [5.41, 5.74) is 7.04. The molecule has 6 nitrogen and oxygen atoms in total. The molecule has 0 bridgehead atoms. The highest BCUT2D eigenvalue weighted by Gasteiger charge is 2.48. The van der Waals surface area contributed by atoms with Gasteiger partial charge in [0.15, 0.2) is 0 Å². The maximum atomic E-state index is 12.9. The highest BCUT2D eigenvalue weighted by Crippen LogP contribution is 2.38. The average molecular weight is 418 g/mol. The van der Waals surface area contributed by atoms with Gasteiger partial charge in [-0.15, -0.1) is 0 Å². The average Bonchev–Trinajstić information content (AvgIpc) is 2.64. The number of carbonyl (C=O) groups is 1. The summed E-state index contributed by atoms with van der Waals surface area (Å²) in [6, 6.07) is 8.06. The SMILES string of the molecule is C/C(F)=C\C=C/c1ccccc1CN[C@H]1C[C@@H](C(N)(CCCCB(O)O)C(=O)O)C1. The first-order valence-corrected chi connectivity index (χ1v) is 10.4. The van der Waals surface area contributed by atoms with Gasteiger partial charge in [0.1, 0.15) is 5.54 Å². The van der Waals surface area contributed by atoms with Crippen LogP contribution in [0.15, 0.2) is 42.2 Å². The standard InChI is InChI=1S/C22H32BFN2O4/c1-16(24)7-6-10-17-8-2-3-9-18(17)15-26-20-13-19(14-20)22(25,21(27)28)11-4-5-12-23(29)30/h2-3,6-10,19-20,26,29-30H,4-5,11-15,25H2,1H3,(H,27,28)/b10-6-,16-7+/t19-,20+,22?. The summed E-state index contributed by atoms with van der Waals surface area (Å²) in [7, 11) is -1.37. The third-order valence-electron chi connectivity index (χ3n) is 5.81. The van der Waals surface area contributed by atoms with E-state index < -0.39 is 18.6 Å². The lowest BCUT2D eigenvalue weighted by atomic mass is 9.66. The van der Waals surface area contributed by atoms with E-state index in [2.05, 4.69) is 5.32 Å². The molecule has 1 fully saturated rings. The van der Waals surface area contributed by atoms with Crippen LogP contribution in [0.2, 0.25) is 6.32 Å². The third-order valence-corrected chi connectivity index (χ3v) is 5.81. The predicted octanol–water partition coefficient (Wildman–Crippen LogP) is 2.87. The van der Waals surface area contributed by atoms with Crippen LogP contribution in [0.3, 0.4) is 0 Å². The van der Waals surface area contributed by atoms with Crippen LogP contribution in [0.25, 0.3) is 6.08 Å². The highest BCUT2D eigenvalue weighted by molar-refractivity contribution is 6.40. The van der Waals surface area contributed by atoms with Gasteiger partial charge >= 0.3 is 13.1 Å². The Morgan fingerprint density at radius 2 is 2.03 bits per heavy atom. The summed E-state index contributed by atoms with van der Waals surface area (Å²) in [4.78, 5) is 11.8. The van der Waals surface area contributed by atoms with E-state index in [1.165, 1.54) is 13.0 Å². The normalized spacial score (nSPS) is 21.3. The van der Waals surface area contributed by atoms with E-state index in [1.54, 1.807) is 6.08 Å². The van der Waals surface area contributed by atoms with E-state index >= 15 is 0 Å². The molecule has 0 spiro atoms. The minimum atomic E-state index is -1.37. The van der Waals surface area contributed by atoms with Crippen LogP contribution in [0.1, 0.15) is 50.2 Å². The molecule has 0 radical (unpaired) electrons. The van der Waals surface area contributed by atoms with Gasteiger partial charge in [0.05, 0.1) is 5.83 Å². The van der Waals surface area contributed by atoms with Crippen LogP contribution >= 0.6 is 0 Å². The second-order valence-corrected chi connectivity index (χ2v) is 8.13. The predicted molar refractivity (Wildman–Crippen MR) is 117 cm³/mol. The second kappa shape index (κ2) is 11.4. The zero-order valence-electron chi connectivity index (χ0n) is 17.4. The Hall–Kier alpha value is -2.00. The summed E-state index contributed by atoms with van der Waals surface area (Å²) < 4.78 is 12.9. The first-order valence-electron chi connectivity index (χ1n) is 10.4. The van der Waals surface area contributed by atoms with Crippen LogP contribution < -0.4 is 11.1 Å². The number of allylic oxidation sites excluding steroid dienone is 3. The van der Waals surface area contributed by atoms with Crippen LogP contribution in [-0.4, -0.2) is 39.8 Å². The number of carboxylic acids is 1. The molecule has 0 amide bonds. The van der Waals surface area contributed by atoms with E-state index in [9.17, 15) is 14.3 Å². The Morgan fingerprint density at radius 1 is 1.33 bits per heavy atom. The maximum Gasteiger partial charge on any atom is 0.451 e. The van der Waals surface area contributed by atoms with Gasteiger partial charge < -0.3 is 26.2 Å². The number of unbranched alkanes of at least 4 members (excludes halogenated alkanes) is 1. The largest absolute Gasteiger partial charge is 0.480 e. The molecule has 2 rings (SSSR count). The zero-order valence-corrected chi connectivity index (χ0v) is 17.4. The van der Waals surface area contributed by atoms with Gasteiger partial charge in [-0.05, 0) is 55.6 Å². The van der Waals surface area contributed by atoms with Gasteiger partial charge in [-0.25, -0.2) is 4.39 Å². The van der Waals surface area contributed by atoms with Crippen LogP contribution in [0.4, 0.5) is 4.39 Å². The van der Waals surface area contributed by atoms with E-state index in [1.807, 2.05) is 30.3 Å². The fourth-order valence-corrected chi connectivity index (χ4v) is 3.83. The molecule has 0 saturated heterocycles. The van der Waals surface area contributed by atoms with Gasteiger partial charge in [-0.2, -0.15) is 0 Å². The molecule has 1 atom stereocenters. The molecule has 1 aromatic carbocycles. The first-order chi connectivity index (χ1) is 14.2. The van der Waals surface area contributed by atoms with E-state index in [-0.39, 0.29) is 24.1 Å². The molecule has 1 saturated carbocycles. The van der Waals surface area contributed by atoms with Crippen molar-refractivity contribution in [2.45, 2.75) is 63.5 Å². The van der Waals surface area contributed by atoms with Gasteiger partial charge in [-0.1, -0.05) is 49.3 Å². The number of hydrogen-bond donors (Lipinski definition) is 5. The minimum Gasteiger partial charge on any atom is -0.480 e. The summed E-state index contributed by atoms with van der Waals surface area (Å²) in [6.45, 7) is 2.03. The van der Waals surface area contributed by atoms with Crippen molar-refractivity contribution in [3.8, 4) is 0 Å². The fourth-order valence-electron chi connectivity index (χ4n) is 3.83. The molecule has 0 aromatic heterocycles. The van der Waals surface area contributed by atoms with E-state index in [0.717, 1.165) is 11.1 Å². The Labute approximate surface area is 177 Å². The number of halogens is 1. The van der Waals surface area contributed by atoms with E-state index in [0.29, 0.717) is 38.6 Å². The summed E-state index contributed by atoms with van der Waals surface area (Å²) in [6.07, 6.45) is 7.94. The van der Waals surface area contributed by atoms with Crippen molar-refractivity contribution in [3.63, 3.8) is 0 Å². The van der Waals surface area contributed by atoms with Gasteiger partial charge in [0.2, 0.25) is 0 Å². The third kappa shape index (κ3) is 7.06. The Bertz CT molecular complexity index is 761. The molecule has 0 heterocycles. The topological polar surface area (TPSA) is 116 Å². The van der Waals surface area contributed by atoms with Gasteiger partial charge in [-0.3, -0.25) is 4.79 Å². The monoisotopic (exact) mass is 418 g/mol. The van der Waals surface area contributed by atoms with Crippen molar-refractivity contribution in [2.75, 3.05) is 0 Å². The molecule has 8 heteroatoms. The lowest BCUT2D eigenvalue weighted by molar-refractivity contribution is -0.148. The second-order valence-electron chi connectivity index (χ2n) is 8.13. The number of aliphatic carboxylic acids is 1. The number of benzene rings is 1. The van der Waals surface area contributed by atoms with Gasteiger partial charge in [0.25, 0.3) is 0 Å². The summed E-state index contributed by atoms with van der Waals surface area (Å²) in [5, 5.41) is 30.9. The summed E-state index contributed by atoms with van der Waals surface area (Å²) >= 11 is 0. The molecule has 1 unspecified atom stereocenters. The lowest BCUT2D eigenvalue weighted by Gasteiger charge is -2.45. The van der Waals surface area contributed by atoms with Crippen molar-refractivity contribution in [3.05, 3.63) is 53.4 Å². The quantitative estimate of drug-likeness (QED) is 0.203. The summed E-state index contributed by atoms with van der Waals surface area (Å²) in [5.74, 6) is -1.36. The number of nitrogens with one attached hydrogen (secondary N) is 1. The molecule has 6 N–H and O–H groups in total. The van der Waals surface area contributed by atoms with Crippen LogP contribution in [0.5, 0.6) is 0 Å². The Morgan fingerprint density at radius 3 is 2.67 bits per heavy atom. The van der Waals surface area contributed by atoms with Gasteiger partial charge in [0, 0.05) is 12.6 Å². The molecule has 0 aliphatic heterocycles. The number of rotatable bonds is 12. The van der Waals surface area contributed by atoms with Crippen LogP contribution in [-0.2, 0) is 11.3 Å². The molecule has 1 aliphatic carbocycles. The van der Waals surface area contributed by atoms with E-state index in [4.69, 9.17) is 15.8 Å². The molecule has 1 aromatic rings. The minimum absolute atomic E-state index is 0.112. The lowest BCUT2D eigenvalue weighted by Crippen LogP contribution is -2.61. The first kappa shape index (κ1) is 24.3. The smallest absolute Gasteiger partial charge is 0.451 e. The highest BCUT2D eigenvalue weighted by atomic mass is 19.1. The van der Waals surface area contributed by atoms with Crippen molar-refractivity contribution in [2.24, 2.45) is 11.7 Å². The zero-order chi connectivity index (χ0) is 22.1.